The molecule has 0 bridgehead atoms. The maximum absolute atomic E-state index is 13.8. The Bertz CT molecular complexity index is 510. The molecule has 1 fully saturated rings. The third-order valence-electron chi connectivity index (χ3n) is 3.44. The molecular weight excluding hydrogens is 401 g/mol. The van der Waals surface area contributed by atoms with Crippen LogP contribution in [0.4, 0.5) is 14.5 Å². The molecule has 7 heteroatoms. The molecule has 4 nitrogen and oxygen atoms in total. The highest BCUT2D eigenvalue weighted by atomic mass is 127. The molecule has 1 atom stereocenters. The molecule has 1 unspecified atom stereocenters. The molecule has 1 saturated heterocycles. The van der Waals surface area contributed by atoms with E-state index in [2.05, 4.69) is 15.6 Å². The summed E-state index contributed by atoms with van der Waals surface area (Å²) in [5, 5.41) is 6.53. The van der Waals surface area contributed by atoms with Crippen molar-refractivity contribution in [2.75, 3.05) is 31.1 Å². The first kappa shape index (κ1) is 18.9. The van der Waals surface area contributed by atoms with Crippen LogP contribution in [0.25, 0.3) is 0 Å². The SMILES string of the molecule is CCN=C(NCC)NC1CCN(c2ccc(F)cc2F)C1.I. The van der Waals surface area contributed by atoms with E-state index in [-0.39, 0.29) is 30.0 Å². The zero-order chi connectivity index (χ0) is 15.2. The molecule has 1 aromatic carbocycles. The Morgan fingerprint density at radius 3 is 2.77 bits per heavy atom. The van der Waals surface area contributed by atoms with Gasteiger partial charge in [0.25, 0.3) is 0 Å². The van der Waals surface area contributed by atoms with Crippen LogP contribution >= 0.6 is 24.0 Å². The van der Waals surface area contributed by atoms with Crippen molar-refractivity contribution in [1.82, 2.24) is 10.6 Å². The number of guanidine groups is 1. The van der Waals surface area contributed by atoms with Crippen molar-refractivity contribution in [2.24, 2.45) is 4.99 Å². The zero-order valence-electron chi connectivity index (χ0n) is 12.9. The zero-order valence-corrected chi connectivity index (χ0v) is 15.2. The number of halogens is 3. The molecular formula is C15H23F2IN4. The molecule has 22 heavy (non-hydrogen) atoms. The van der Waals surface area contributed by atoms with Crippen molar-refractivity contribution in [3.05, 3.63) is 29.8 Å². The van der Waals surface area contributed by atoms with Gasteiger partial charge in [0.2, 0.25) is 0 Å². The van der Waals surface area contributed by atoms with Gasteiger partial charge in [0, 0.05) is 38.3 Å². The third kappa shape index (κ3) is 4.96. The minimum absolute atomic E-state index is 0. The van der Waals surface area contributed by atoms with Crippen LogP contribution in [0, 0.1) is 11.6 Å². The van der Waals surface area contributed by atoms with Gasteiger partial charge >= 0.3 is 0 Å². The number of hydrogen-bond acceptors (Lipinski definition) is 2. The topological polar surface area (TPSA) is 39.7 Å². The van der Waals surface area contributed by atoms with Crippen molar-refractivity contribution in [3.8, 4) is 0 Å². The minimum Gasteiger partial charge on any atom is -0.367 e. The van der Waals surface area contributed by atoms with E-state index in [1.807, 2.05) is 18.7 Å². The van der Waals surface area contributed by atoms with Crippen LogP contribution in [0.5, 0.6) is 0 Å². The van der Waals surface area contributed by atoms with E-state index in [0.717, 1.165) is 31.5 Å². The van der Waals surface area contributed by atoms with E-state index in [0.29, 0.717) is 18.8 Å². The van der Waals surface area contributed by atoms with Crippen molar-refractivity contribution >= 4 is 35.6 Å². The second kappa shape index (κ2) is 9.12. The van der Waals surface area contributed by atoms with Crippen LogP contribution in [-0.4, -0.2) is 38.2 Å². The van der Waals surface area contributed by atoms with Crippen molar-refractivity contribution in [1.29, 1.82) is 0 Å². The van der Waals surface area contributed by atoms with Crippen LogP contribution in [0.1, 0.15) is 20.3 Å². The summed E-state index contributed by atoms with van der Waals surface area (Å²) in [4.78, 5) is 6.29. The van der Waals surface area contributed by atoms with Gasteiger partial charge in [-0.25, -0.2) is 8.78 Å². The highest BCUT2D eigenvalue weighted by molar-refractivity contribution is 14.0. The Morgan fingerprint density at radius 2 is 2.14 bits per heavy atom. The molecule has 2 N–H and O–H groups in total. The lowest BCUT2D eigenvalue weighted by Gasteiger charge is -2.20. The summed E-state index contributed by atoms with van der Waals surface area (Å²) in [6, 6.07) is 3.93. The number of anilines is 1. The summed E-state index contributed by atoms with van der Waals surface area (Å²) in [5.41, 5.74) is 0.457. The molecule has 0 saturated carbocycles. The first-order valence-electron chi connectivity index (χ1n) is 7.38. The van der Waals surface area contributed by atoms with Crippen LogP contribution in [0.3, 0.4) is 0 Å². The number of hydrogen-bond donors (Lipinski definition) is 2. The molecule has 0 aliphatic carbocycles. The van der Waals surface area contributed by atoms with Crippen molar-refractivity contribution in [3.63, 3.8) is 0 Å². The Kier molecular flexibility index (Phi) is 7.84. The lowest BCUT2D eigenvalue weighted by Crippen LogP contribution is -2.44. The molecule has 0 spiro atoms. The van der Waals surface area contributed by atoms with E-state index in [9.17, 15) is 8.78 Å². The van der Waals surface area contributed by atoms with Gasteiger partial charge in [-0.1, -0.05) is 0 Å². The Balaban J connectivity index is 0.00000242. The highest BCUT2D eigenvalue weighted by Gasteiger charge is 2.25. The summed E-state index contributed by atoms with van der Waals surface area (Å²) >= 11 is 0. The fraction of sp³-hybridized carbons (Fsp3) is 0.533. The van der Waals surface area contributed by atoms with E-state index in [4.69, 9.17) is 0 Å². The molecule has 124 valence electrons. The fourth-order valence-electron chi connectivity index (χ4n) is 2.51. The van der Waals surface area contributed by atoms with Crippen molar-refractivity contribution in [2.45, 2.75) is 26.3 Å². The summed E-state index contributed by atoms with van der Waals surface area (Å²) in [7, 11) is 0. The normalized spacial score (nSPS) is 18.1. The predicted octanol–water partition coefficient (Wildman–Crippen LogP) is 2.74. The minimum atomic E-state index is -0.547. The van der Waals surface area contributed by atoms with Gasteiger partial charge in [-0.3, -0.25) is 4.99 Å². The first-order chi connectivity index (χ1) is 10.1. The van der Waals surface area contributed by atoms with Crippen LogP contribution < -0.4 is 15.5 Å². The lowest BCUT2D eigenvalue weighted by molar-refractivity contribution is 0.580. The Hall–Kier alpha value is -1.12. The molecule has 0 aromatic heterocycles. The highest BCUT2D eigenvalue weighted by Crippen LogP contribution is 2.24. The fourth-order valence-corrected chi connectivity index (χ4v) is 2.51. The van der Waals surface area contributed by atoms with E-state index < -0.39 is 11.6 Å². The van der Waals surface area contributed by atoms with Crippen molar-refractivity contribution < 1.29 is 8.78 Å². The van der Waals surface area contributed by atoms with Gasteiger partial charge < -0.3 is 15.5 Å². The quantitative estimate of drug-likeness (QED) is 0.444. The average Bonchev–Trinajstić information content (AvgIpc) is 2.87. The number of rotatable bonds is 4. The number of nitrogens with zero attached hydrogens (tertiary/aromatic N) is 2. The summed E-state index contributed by atoms with van der Waals surface area (Å²) in [6.45, 7) is 6.92. The van der Waals surface area contributed by atoms with E-state index in [1.54, 1.807) is 0 Å². The molecule has 1 aromatic rings. The summed E-state index contributed by atoms with van der Waals surface area (Å²) in [5.74, 6) is -0.272. The molecule has 1 heterocycles. The van der Waals surface area contributed by atoms with Crippen LogP contribution in [0.15, 0.2) is 23.2 Å². The first-order valence-corrected chi connectivity index (χ1v) is 7.38. The lowest BCUT2D eigenvalue weighted by atomic mass is 10.2. The van der Waals surface area contributed by atoms with Gasteiger partial charge in [-0.05, 0) is 32.4 Å². The van der Waals surface area contributed by atoms with Gasteiger partial charge in [-0.15, -0.1) is 24.0 Å². The second-order valence-electron chi connectivity index (χ2n) is 5.02. The van der Waals surface area contributed by atoms with Gasteiger partial charge in [0.1, 0.15) is 11.6 Å². The monoisotopic (exact) mass is 424 g/mol. The number of benzene rings is 1. The van der Waals surface area contributed by atoms with Crippen LogP contribution in [-0.2, 0) is 0 Å². The molecule has 0 radical (unpaired) electrons. The Morgan fingerprint density at radius 1 is 1.36 bits per heavy atom. The summed E-state index contributed by atoms with van der Waals surface area (Å²) in [6.07, 6.45) is 0.894. The summed E-state index contributed by atoms with van der Waals surface area (Å²) < 4.78 is 26.8. The number of nitrogens with one attached hydrogen (secondary N) is 2. The number of aliphatic imine (C=N–C) groups is 1. The van der Waals surface area contributed by atoms with E-state index in [1.165, 1.54) is 12.1 Å². The largest absolute Gasteiger partial charge is 0.367 e. The smallest absolute Gasteiger partial charge is 0.191 e. The maximum atomic E-state index is 13.8. The van der Waals surface area contributed by atoms with Crippen LogP contribution in [0.2, 0.25) is 0 Å². The molecule has 2 rings (SSSR count). The standard InChI is InChI=1S/C15H22F2N4.HI/c1-3-18-15(19-4-2)20-12-7-8-21(10-12)14-6-5-11(16)9-13(14)17;/h5-6,9,12H,3-4,7-8,10H2,1-2H3,(H2,18,19,20);1H. The van der Waals surface area contributed by atoms with Gasteiger partial charge in [-0.2, -0.15) is 0 Å². The molecule has 0 amide bonds. The van der Waals surface area contributed by atoms with E-state index >= 15 is 0 Å². The molecule has 1 aliphatic rings. The average molecular weight is 424 g/mol. The Labute approximate surface area is 147 Å². The second-order valence-corrected chi connectivity index (χ2v) is 5.02. The third-order valence-corrected chi connectivity index (χ3v) is 3.44. The molecule has 1 aliphatic heterocycles. The van der Waals surface area contributed by atoms with Gasteiger partial charge in [0.05, 0.1) is 5.69 Å². The predicted molar refractivity (Wildman–Crippen MR) is 97.2 cm³/mol. The van der Waals surface area contributed by atoms with Gasteiger partial charge in [0.15, 0.2) is 5.96 Å². The maximum Gasteiger partial charge on any atom is 0.191 e.